The van der Waals surface area contributed by atoms with Gasteiger partial charge in [-0.3, -0.25) is 9.88 Å². The Morgan fingerprint density at radius 1 is 0.906 bits per heavy atom. The van der Waals surface area contributed by atoms with Gasteiger partial charge >= 0.3 is 0 Å². The quantitative estimate of drug-likeness (QED) is 0.555. The Labute approximate surface area is 190 Å². The maximum absolute atomic E-state index is 6.21. The van der Waals surface area contributed by atoms with E-state index in [1.165, 1.54) is 0 Å². The zero-order chi connectivity index (χ0) is 22.7. The second-order valence-corrected chi connectivity index (χ2v) is 8.55. The SMILES string of the molecule is COc1cc(OC)c2cnc(-c3cc(C)c(OCCN4CCN(C)CC4)c(C)c3)cc2c1. The third-order valence-corrected chi connectivity index (χ3v) is 6.23. The first kappa shape index (κ1) is 22.4. The molecule has 4 rings (SSSR count). The number of methoxy groups -OCH3 is 2. The molecule has 6 nitrogen and oxygen atoms in total. The van der Waals surface area contributed by atoms with Crippen molar-refractivity contribution in [3.8, 4) is 28.5 Å². The van der Waals surface area contributed by atoms with E-state index in [-0.39, 0.29) is 0 Å². The predicted octanol–water partition coefficient (Wildman–Crippen LogP) is 4.16. The highest BCUT2D eigenvalue weighted by atomic mass is 16.5. The number of piperazine rings is 1. The highest BCUT2D eigenvalue weighted by Gasteiger charge is 2.15. The van der Waals surface area contributed by atoms with E-state index < -0.39 is 0 Å². The molecule has 0 saturated carbocycles. The van der Waals surface area contributed by atoms with Crippen LogP contribution in [0.3, 0.4) is 0 Å². The molecule has 0 unspecified atom stereocenters. The number of likely N-dealkylation sites (N-methyl/N-ethyl adjacent to an activating group) is 1. The van der Waals surface area contributed by atoms with Gasteiger partial charge in [0.25, 0.3) is 0 Å². The maximum Gasteiger partial charge on any atom is 0.131 e. The largest absolute Gasteiger partial charge is 0.497 e. The minimum absolute atomic E-state index is 0.707. The number of benzene rings is 2. The van der Waals surface area contributed by atoms with Crippen molar-refractivity contribution in [1.82, 2.24) is 14.8 Å². The summed E-state index contributed by atoms with van der Waals surface area (Å²) in [6.07, 6.45) is 1.87. The summed E-state index contributed by atoms with van der Waals surface area (Å²) in [4.78, 5) is 9.56. The Morgan fingerprint density at radius 2 is 1.62 bits per heavy atom. The molecule has 6 heteroatoms. The molecule has 0 bridgehead atoms. The van der Waals surface area contributed by atoms with Gasteiger partial charge in [0.05, 0.1) is 19.9 Å². The van der Waals surface area contributed by atoms with Crippen molar-refractivity contribution in [3.05, 3.63) is 47.7 Å². The Hall–Kier alpha value is -2.83. The Kier molecular flexibility index (Phi) is 6.82. The van der Waals surface area contributed by atoms with Gasteiger partial charge in [0.2, 0.25) is 0 Å². The molecule has 32 heavy (non-hydrogen) atoms. The maximum atomic E-state index is 6.21. The number of hydrogen-bond donors (Lipinski definition) is 0. The molecule has 1 fully saturated rings. The van der Waals surface area contributed by atoms with Gasteiger partial charge in [-0.2, -0.15) is 0 Å². The van der Waals surface area contributed by atoms with Crippen LogP contribution in [-0.4, -0.2) is 75.4 Å². The van der Waals surface area contributed by atoms with Crippen molar-refractivity contribution in [3.63, 3.8) is 0 Å². The molecule has 0 radical (unpaired) electrons. The van der Waals surface area contributed by atoms with E-state index >= 15 is 0 Å². The number of aromatic nitrogens is 1. The zero-order valence-corrected chi connectivity index (χ0v) is 19.8. The van der Waals surface area contributed by atoms with E-state index in [9.17, 15) is 0 Å². The van der Waals surface area contributed by atoms with Crippen LogP contribution in [0.25, 0.3) is 22.0 Å². The number of aryl methyl sites for hydroxylation is 2. The highest BCUT2D eigenvalue weighted by molar-refractivity contribution is 5.91. The lowest BCUT2D eigenvalue weighted by Gasteiger charge is -2.32. The second-order valence-electron chi connectivity index (χ2n) is 8.55. The molecular formula is C26H33N3O3. The summed E-state index contributed by atoms with van der Waals surface area (Å²) in [6, 6.07) is 10.3. The third-order valence-electron chi connectivity index (χ3n) is 6.23. The molecule has 2 aromatic carbocycles. The first-order valence-corrected chi connectivity index (χ1v) is 11.2. The monoisotopic (exact) mass is 435 g/mol. The van der Waals surface area contributed by atoms with Gasteiger partial charge in [-0.05, 0) is 61.7 Å². The Morgan fingerprint density at radius 3 is 2.28 bits per heavy atom. The molecule has 0 N–H and O–H groups in total. The molecule has 170 valence electrons. The van der Waals surface area contributed by atoms with Gasteiger partial charge in [0.1, 0.15) is 23.9 Å². The van der Waals surface area contributed by atoms with E-state index in [0.717, 1.165) is 83.1 Å². The lowest BCUT2D eigenvalue weighted by atomic mass is 10.0. The van der Waals surface area contributed by atoms with E-state index in [4.69, 9.17) is 19.2 Å². The van der Waals surface area contributed by atoms with Crippen LogP contribution in [0.1, 0.15) is 11.1 Å². The number of nitrogens with zero attached hydrogens (tertiary/aromatic N) is 3. The van der Waals surface area contributed by atoms with Gasteiger partial charge < -0.3 is 19.1 Å². The van der Waals surface area contributed by atoms with E-state index in [1.807, 2.05) is 18.3 Å². The summed E-state index contributed by atoms with van der Waals surface area (Å²) in [5, 5.41) is 2.00. The molecule has 0 atom stereocenters. The molecule has 1 aliphatic rings. The second kappa shape index (κ2) is 9.76. The molecule has 3 aromatic rings. The molecule has 2 heterocycles. The van der Waals surface area contributed by atoms with Gasteiger partial charge in [-0.15, -0.1) is 0 Å². The normalized spacial score (nSPS) is 15.2. The third kappa shape index (κ3) is 4.81. The van der Waals surface area contributed by atoms with Crippen molar-refractivity contribution in [2.75, 3.05) is 60.6 Å². The van der Waals surface area contributed by atoms with E-state index in [0.29, 0.717) is 6.61 Å². The molecule has 1 aromatic heterocycles. The summed E-state index contributed by atoms with van der Waals surface area (Å²) in [5.74, 6) is 2.50. The summed E-state index contributed by atoms with van der Waals surface area (Å²) in [5.41, 5.74) is 4.25. The van der Waals surface area contributed by atoms with Crippen LogP contribution in [-0.2, 0) is 0 Å². The summed E-state index contributed by atoms with van der Waals surface area (Å²) < 4.78 is 17.2. The average molecular weight is 436 g/mol. The van der Waals surface area contributed by atoms with Crippen LogP contribution in [0.4, 0.5) is 0 Å². The number of hydrogen-bond acceptors (Lipinski definition) is 6. The van der Waals surface area contributed by atoms with Crippen LogP contribution in [0.5, 0.6) is 17.2 Å². The smallest absolute Gasteiger partial charge is 0.131 e. The van der Waals surface area contributed by atoms with Crippen LogP contribution in [0.15, 0.2) is 36.5 Å². The van der Waals surface area contributed by atoms with Crippen molar-refractivity contribution < 1.29 is 14.2 Å². The minimum Gasteiger partial charge on any atom is -0.497 e. The molecule has 0 amide bonds. The van der Waals surface area contributed by atoms with Crippen molar-refractivity contribution in [2.45, 2.75) is 13.8 Å². The van der Waals surface area contributed by atoms with Gasteiger partial charge in [-0.1, -0.05) is 0 Å². The summed E-state index contributed by atoms with van der Waals surface area (Å²) in [7, 11) is 5.51. The van der Waals surface area contributed by atoms with Crippen LogP contribution in [0, 0.1) is 13.8 Å². The van der Waals surface area contributed by atoms with E-state index in [2.05, 4.69) is 48.9 Å². The van der Waals surface area contributed by atoms with Crippen molar-refractivity contribution in [1.29, 1.82) is 0 Å². The fourth-order valence-corrected chi connectivity index (χ4v) is 4.32. The molecule has 0 spiro atoms. The van der Waals surface area contributed by atoms with E-state index in [1.54, 1.807) is 14.2 Å². The zero-order valence-electron chi connectivity index (χ0n) is 19.8. The fourth-order valence-electron chi connectivity index (χ4n) is 4.32. The van der Waals surface area contributed by atoms with Crippen LogP contribution < -0.4 is 14.2 Å². The Balaban J connectivity index is 1.52. The summed E-state index contributed by atoms with van der Waals surface area (Å²) >= 11 is 0. The first-order valence-electron chi connectivity index (χ1n) is 11.2. The van der Waals surface area contributed by atoms with Crippen molar-refractivity contribution in [2.24, 2.45) is 0 Å². The number of fused-ring (bicyclic) bond motifs is 1. The van der Waals surface area contributed by atoms with Crippen LogP contribution >= 0.6 is 0 Å². The lowest BCUT2D eigenvalue weighted by Crippen LogP contribution is -2.45. The fraction of sp³-hybridized carbons (Fsp3) is 0.423. The standard InChI is InChI=1S/C26H33N3O3/c1-18-12-21(13-19(2)26(18)32-11-10-29-8-6-28(3)7-9-29)24-15-20-14-22(30-4)16-25(31-5)23(20)17-27-24/h12-17H,6-11H2,1-5H3. The van der Waals surface area contributed by atoms with Crippen LogP contribution in [0.2, 0.25) is 0 Å². The molecule has 1 aliphatic heterocycles. The topological polar surface area (TPSA) is 47.1 Å². The average Bonchev–Trinajstić information content (AvgIpc) is 2.80. The highest BCUT2D eigenvalue weighted by Crippen LogP contribution is 2.34. The lowest BCUT2D eigenvalue weighted by molar-refractivity contribution is 0.133. The minimum atomic E-state index is 0.707. The molecule has 0 aliphatic carbocycles. The molecule has 1 saturated heterocycles. The van der Waals surface area contributed by atoms with Gasteiger partial charge in [-0.25, -0.2) is 0 Å². The first-order chi connectivity index (χ1) is 15.5. The number of ether oxygens (including phenoxy) is 3. The summed E-state index contributed by atoms with van der Waals surface area (Å²) in [6.45, 7) is 10.4. The molecular weight excluding hydrogens is 402 g/mol. The number of rotatable bonds is 7. The van der Waals surface area contributed by atoms with Gasteiger partial charge in [0.15, 0.2) is 0 Å². The van der Waals surface area contributed by atoms with Crippen molar-refractivity contribution >= 4 is 10.8 Å². The Bertz CT molecular complexity index is 1070. The van der Waals surface area contributed by atoms with Gasteiger partial charge in [0, 0.05) is 55.9 Å². The predicted molar refractivity (Wildman–Crippen MR) is 129 cm³/mol. The number of pyridine rings is 1.